The fraction of sp³-hybridized carbons (Fsp3) is 0.261. The van der Waals surface area contributed by atoms with E-state index in [-0.39, 0.29) is 23.5 Å². The zero-order valence-electron chi connectivity index (χ0n) is 17.1. The van der Waals surface area contributed by atoms with Crippen molar-refractivity contribution in [2.75, 3.05) is 0 Å². The van der Waals surface area contributed by atoms with E-state index in [1.54, 1.807) is 6.08 Å². The minimum absolute atomic E-state index is 0.00465. The van der Waals surface area contributed by atoms with E-state index in [1.807, 2.05) is 44.2 Å². The van der Waals surface area contributed by atoms with Gasteiger partial charge in [-0.3, -0.25) is 4.79 Å². The quantitative estimate of drug-likeness (QED) is 0.491. The lowest BCUT2D eigenvalue weighted by molar-refractivity contribution is -0.137. The summed E-state index contributed by atoms with van der Waals surface area (Å²) in [4.78, 5) is 16.7. The number of carbonyl (C=O) groups is 1. The fourth-order valence-corrected chi connectivity index (χ4v) is 2.91. The van der Waals surface area contributed by atoms with Crippen LogP contribution in [-0.2, 0) is 11.0 Å². The van der Waals surface area contributed by atoms with Gasteiger partial charge in [0.2, 0.25) is 17.6 Å². The van der Waals surface area contributed by atoms with E-state index in [9.17, 15) is 18.0 Å². The molecule has 0 radical (unpaired) electrons. The lowest BCUT2D eigenvalue weighted by atomic mass is 9.99. The van der Waals surface area contributed by atoms with Crippen molar-refractivity contribution in [3.8, 4) is 11.4 Å². The monoisotopic (exact) mass is 429 g/mol. The van der Waals surface area contributed by atoms with E-state index >= 15 is 0 Å². The van der Waals surface area contributed by atoms with Gasteiger partial charge in [-0.05, 0) is 29.7 Å². The van der Waals surface area contributed by atoms with Crippen molar-refractivity contribution in [1.29, 1.82) is 0 Å². The third-order valence-corrected chi connectivity index (χ3v) is 4.92. The molecule has 31 heavy (non-hydrogen) atoms. The molecule has 0 aliphatic rings. The van der Waals surface area contributed by atoms with Gasteiger partial charge in [-0.25, -0.2) is 0 Å². The molecular weight excluding hydrogens is 407 g/mol. The largest absolute Gasteiger partial charge is 0.416 e. The second-order valence-corrected chi connectivity index (χ2v) is 7.15. The molecular formula is C23H22F3N3O2. The number of rotatable bonds is 7. The Morgan fingerprint density at radius 2 is 1.81 bits per heavy atom. The predicted octanol–water partition coefficient (Wildman–Crippen LogP) is 5.67. The summed E-state index contributed by atoms with van der Waals surface area (Å²) < 4.78 is 43.6. The Bertz CT molecular complexity index is 1030. The van der Waals surface area contributed by atoms with Gasteiger partial charge in [-0.1, -0.05) is 67.9 Å². The van der Waals surface area contributed by atoms with Crippen LogP contribution in [0.1, 0.15) is 43.3 Å². The van der Waals surface area contributed by atoms with Crippen LogP contribution in [0.2, 0.25) is 0 Å². The van der Waals surface area contributed by atoms with Crippen molar-refractivity contribution in [3.63, 3.8) is 0 Å². The van der Waals surface area contributed by atoms with E-state index in [2.05, 4.69) is 15.5 Å². The van der Waals surface area contributed by atoms with Crippen LogP contribution in [0.15, 0.2) is 65.2 Å². The van der Waals surface area contributed by atoms with Gasteiger partial charge < -0.3 is 9.84 Å². The van der Waals surface area contributed by atoms with Crippen LogP contribution in [-0.4, -0.2) is 16.0 Å². The van der Waals surface area contributed by atoms with Crippen LogP contribution in [0.4, 0.5) is 13.2 Å². The molecule has 162 valence electrons. The second-order valence-electron chi connectivity index (χ2n) is 7.15. The summed E-state index contributed by atoms with van der Waals surface area (Å²) in [7, 11) is 0. The molecule has 1 heterocycles. The van der Waals surface area contributed by atoms with E-state index in [0.29, 0.717) is 5.56 Å². The summed E-state index contributed by atoms with van der Waals surface area (Å²) in [5, 5.41) is 6.76. The van der Waals surface area contributed by atoms with E-state index in [0.717, 1.165) is 24.1 Å². The average Bonchev–Trinajstić information content (AvgIpc) is 3.25. The number of hydrogen-bond donors (Lipinski definition) is 1. The van der Waals surface area contributed by atoms with Gasteiger partial charge in [-0.15, -0.1) is 0 Å². The summed E-state index contributed by atoms with van der Waals surface area (Å²) >= 11 is 0. The number of nitrogens with one attached hydrogen (secondary N) is 1. The van der Waals surface area contributed by atoms with E-state index in [4.69, 9.17) is 4.52 Å². The number of nitrogens with zero attached hydrogens (tertiary/aromatic N) is 2. The predicted molar refractivity (Wildman–Crippen MR) is 111 cm³/mol. The molecule has 0 saturated heterocycles. The first kappa shape index (κ1) is 22.3. The maximum atomic E-state index is 12.8. The van der Waals surface area contributed by atoms with Crippen LogP contribution >= 0.6 is 0 Å². The average molecular weight is 429 g/mol. The number of alkyl halides is 3. The fourth-order valence-electron chi connectivity index (χ4n) is 2.91. The van der Waals surface area contributed by atoms with Crippen LogP contribution < -0.4 is 5.32 Å². The summed E-state index contributed by atoms with van der Waals surface area (Å²) in [6.45, 7) is 3.91. The van der Waals surface area contributed by atoms with Crippen LogP contribution in [0.3, 0.4) is 0 Å². The van der Waals surface area contributed by atoms with Crippen LogP contribution in [0.25, 0.3) is 17.5 Å². The number of hydrogen-bond acceptors (Lipinski definition) is 4. The smallest absolute Gasteiger partial charge is 0.340 e. The molecule has 5 nitrogen and oxygen atoms in total. The van der Waals surface area contributed by atoms with Gasteiger partial charge in [0.15, 0.2) is 0 Å². The van der Waals surface area contributed by atoms with Gasteiger partial charge >= 0.3 is 6.18 Å². The lowest BCUT2D eigenvalue weighted by Gasteiger charge is -2.19. The van der Waals surface area contributed by atoms with Gasteiger partial charge in [0, 0.05) is 11.6 Å². The van der Waals surface area contributed by atoms with E-state index in [1.165, 1.54) is 18.2 Å². The minimum Gasteiger partial charge on any atom is -0.340 e. The Labute approximate surface area is 178 Å². The zero-order chi connectivity index (χ0) is 22.4. The molecule has 0 aliphatic carbocycles. The molecule has 1 amide bonds. The molecule has 0 fully saturated rings. The molecule has 0 spiro atoms. The SMILES string of the molecule is CCC(C)C(NC(=O)C=Cc1ccccc1)c1nc(-c2ccc(C(F)(F)F)cc2)no1. The number of benzene rings is 2. The molecule has 3 rings (SSSR count). The first-order valence-electron chi connectivity index (χ1n) is 9.82. The zero-order valence-corrected chi connectivity index (χ0v) is 17.1. The molecule has 8 heteroatoms. The number of carbonyl (C=O) groups excluding carboxylic acids is 1. The second kappa shape index (κ2) is 9.59. The lowest BCUT2D eigenvalue weighted by Crippen LogP contribution is -2.31. The molecule has 0 bridgehead atoms. The Morgan fingerprint density at radius 1 is 1.13 bits per heavy atom. The van der Waals surface area contributed by atoms with Gasteiger partial charge in [0.1, 0.15) is 6.04 Å². The molecule has 1 aromatic heterocycles. The van der Waals surface area contributed by atoms with Crippen molar-refractivity contribution in [2.24, 2.45) is 5.92 Å². The van der Waals surface area contributed by atoms with Crippen molar-refractivity contribution in [3.05, 3.63) is 77.7 Å². The Morgan fingerprint density at radius 3 is 2.42 bits per heavy atom. The Balaban J connectivity index is 1.76. The summed E-state index contributed by atoms with van der Waals surface area (Å²) in [6, 6.07) is 13.4. The van der Waals surface area contributed by atoms with Crippen molar-refractivity contribution < 1.29 is 22.5 Å². The molecule has 1 N–H and O–H groups in total. The van der Waals surface area contributed by atoms with Gasteiger partial charge in [0.25, 0.3) is 0 Å². The molecule has 0 aliphatic heterocycles. The van der Waals surface area contributed by atoms with Gasteiger partial charge in [-0.2, -0.15) is 18.2 Å². The number of aromatic nitrogens is 2. The topological polar surface area (TPSA) is 68.0 Å². The summed E-state index contributed by atoms with van der Waals surface area (Å²) in [6.07, 6.45) is -0.548. The third-order valence-electron chi connectivity index (χ3n) is 4.92. The summed E-state index contributed by atoms with van der Waals surface area (Å²) in [5.74, 6) is 0.0372. The molecule has 2 atom stereocenters. The third kappa shape index (κ3) is 5.81. The molecule has 2 unspecified atom stereocenters. The number of halogens is 3. The Kier molecular flexibility index (Phi) is 6.89. The standard InChI is InChI=1S/C23H22F3N3O2/c1-3-15(2)20(27-19(30)14-9-16-7-5-4-6-8-16)22-28-21(29-31-22)17-10-12-18(13-11-17)23(24,25)26/h4-15,20H,3H2,1-2H3,(H,27,30). The maximum absolute atomic E-state index is 12.8. The number of amides is 1. The maximum Gasteiger partial charge on any atom is 0.416 e. The molecule has 3 aromatic rings. The first-order chi connectivity index (χ1) is 14.8. The highest BCUT2D eigenvalue weighted by molar-refractivity contribution is 5.91. The normalized spacial score (nSPS) is 13.8. The van der Waals surface area contributed by atoms with Crippen molar-refractivity contribution in [2.45, 2.75) is 32.5 Å². The summed E-state index contributed by atoms with van der Waals surface area (Å²) in [5.41, 5.74) is 0.524. The van der Waals surface area contributed by atoms with Crippen LogP contribution in [0, 0.1) is 5.92 Å². The highest BCUT2D eigenvalue weighted by atomic mass is 19.4. The highest BCUT2D eigenvalue weighted by Gasteiger charge is 2.30. The highest BCUT2D eigenvalue weighted by Crippen LogP contribution is 2.31. The van der Waals surface area contributed by atoms with Crippen molar-refractivity contribution >= 4 is 12.0 Å². The molecule has 0 saturated carbocycles. The van der Waals surface area contributed by atoms with Crippen LogP contribution in [0.5, 0.6) is 0 Å². The van der Waals surface area contributed by atoms with Crippen molar-refractivity contribution in [1.82, 2.24) is 15.5 Å². The minimum atomic E-state index is -4.42. The van der Waals surface area contributed by atoms with E-state index < -0.39 is 17.8 Å². The first-order valence-corrected chi connectivity index (χ1v) is 9.82. The Hall–Kier alpha value is -3.42. The van der Waals surface area contributed by atoms with Gasteiger partial charge in [0.05, 0.1) is 5.56 Å². The molecule has 2 aromatic carbocycles.